The van der Waals surface area contributed by atoms with Crippen LogP contribution in [0.15, 0.2) is 9.98 Å². The lowest BCUT2D eigenvalue weighted by Gasteiger charge is -2.02. The van der Waals surface area contributed by atoms with Crippen molar-refractivity contribution in [3.63, 3.8) is 0 Å². The van der Waals surface area contributed by atoms with Gasteiger partial charge in [-0.15, -0.1) is 0 Å². The molecule has 0 saturated heterocycles. The Labute approximate surface area is 53.5 Å². The quantitative estimate of drug-likeness (QED) is 0.481. The summed E-state index contributed by atoms with van der Waals surface area (Å²) in [5.74, 6) is 0. The minimum atomic E-state index is -0.365. The van der Waals surface area contributed by atoms with Crippen molar-refractivity contribution in [3.8, 4) is 0 Å². The maximum Gasteiger partial charge on any atom is 0.366 e. The smallest absolute Gasteiger partial charge is 0.244 e. The molecule has 48 valence electrons. The molecular formula is C6H8N2O. The van der Waals surface area contributed by atoms with Crippen LogP contribution in [0, 0.1) is 0 Å². The maximum atomic E-state index is 10.5. The molecule has 0 spiro atoms. The standard InChI is InChI=1S/C6H8N2O/c1-4-3-5(2)8-6(9)7-4/h3H2,1-2H3. The minimum absolute atomic E-state index is 0.365. The van der Waals surface area contributed by atoms with E-state index in [0.717, 1.165) is 17.8 Å². The second-order valence-corrected chi connectivity index (χ2v) is 2.15. The molecule has 3 nitrogen and oxygen atoms in total. The van der Waals surface area contributed by atoms with Gasteiger partial charge < -0.3 is 0 Å². The lowest BCUT2D eigenvalue weighted by Crippen LogP contribution is -2.09. The number of aliphatic imine (C=N–C) groups is 2. The average Bonchev–Trinajstić information content (AvgIpc) is 1.59. The highest BCUT2D eigenvalue weighted by Crippen LogP contribution is 2.00. The van der Waals surface area contributed by atoms with Crippen molar-refractivity contribution in [3.05, 3.63) is 0 Å². The Morgan fingerprint density at radius 1 is 1.22 bits per heavy atom. The summed E-state index contributed by atoms with van der Waals surface area (Å²) in [6.07, 6.45) is 0.742. The first kappa shape index (κ1) is 6.13. The summed E-state index contributed by atoms with van der Waals surface area (Å²) >= 11 is 0. The van der Waals surface area contributed by atoms with Crippen molar-refractivity contribution in [1.29, 1.82) is 0 Å². The molecule has 1 aliphatic rings. The molecule has 9 heavy (non-hydrogen) atoms. The second-order valence-electron chi connectivity index (χ2n) is 2.15. The van der Waals surface area contributed by atoms with E-state index in [0.29, 0.717) is 0 Å². The Kier molecular flexibility index (Phi) is 1.42. The molecule has 0 aromatic carbocycles. The van der Waals surface area contributed by atoms with Gasteiger partial charge in [0.2, 0.25) is 0 Å². The van der Waals surface area contributed by atoms with Crippen LogP contribution in [-0.4, -0.2) is 17.5 Å². The highest BCUT2D eigenvalue weighted by atomic mass is 16.2. The largest absolute Gasteiger partial charge is 0.366 e. The molecule has 0 fully saturated rings. The van der Waals surface area contributed by atoms with Gasteiger partial charge in [0, 0.05) is 17.8 Å². The van der Waals surface area contributed by atoms with E-state index < -0.39 is 0 Å². The SMILES string of the molecule is CC1=NC(=O)N=C(C)C1. The number of carbonyl (C=O) groups excluding carboxylic acids is 1. The third-order valence-corrected chi connectivity index (χ3v) is 1.08. The molecule has 0 aliphatic carbocycles. The van der Waals surface area contributed by atoms with Gasteiger partial charge in [-0.1, -0.05) is 0 Å². The first-order chi connectivity index (χ1) is 4.18. The van der Waals surface area contributed by atoms with E-state index in [4.69, 9.17) is 0 Å². The Morgan fingerprint density at radius 2 is 1.67 bits per heavy atom. The Bertz CT molecular complexity index is 183. The fourth-order valence-electron chi connectivity index (χ4n) is 0.801. The van der Waals surface area contributed by atoms with E-state index in [2.05, 4.69) is 9.98 Å². The second kappa shape index (κ2) is 2.09. The van der Waals surface area contributed by atoms with Crippen molar-refractivity contribution < 1.29 is 4.79 Å². The zero-order valence-corrected chi connectivity index (χ0v) is 5.51. The van der Waals surface area contributed by atoms with Crippen LogP contribution in [-0.2, 0) is 0 Å². The van der Waals surface area contributed by atoms with Gasteiger partial charge >= 0.3 is 6.03 Å². The first-order valence-electron chi connectivity index (χ1n) is 2.81. The summed E-state index contributed by atoms with van der Waals surface area (Å²) in [4.78, 5) is 17.8. The van der Waals surface area contributed by atoms with Gasteiger partial charge in [-0.2, -0.15) is 0 Å². The third kappa shape index (κ3) is 1.45. The fraction of sp³-hybridized carbons (Fsp3) is 0.500. The fourth-order valence-corrected chi connectivity index (χ4v) is 0.801. The normalized spacial score (nSPS) is 19.1. The van der Waals surface area contributed by atoms with Crippen LogP contribution in [0.4, 0.5) is 4.79 Å². The molecule has 3 heteroatoms. The molecule has 0 radical (unpaired) electrons. The molecular weight excluding hydrogens is 116 g/mol. The summed E-state index contributed by atoms with van der Waals surface area (Å²) in [5, 5.41) is 0. The van der Waals surface area contributed by atoms with Gasteiger partial charge in [0.15, 0.2) is 0 Å². The first-order valence-corrected chi connectivity index (χ1v) is 2.81. The number of amides is 2. The Hall–Kier alpha value is -0.990. The maximum absolute atomic E-state index is 10.5. The molecule has 0 N–H and O–H groups in total. The number of carbonyl (C=O) groups is 1. The number of rotatable bonds is 0. The summed E-state index contributed by atoms with van der Waals surface area (Å²) in [6.45, 7) is 3.66. The molecule has 0 atom stereocenters. The van der Waals surface area contributed by atoms with E-state index in [-0.39, 0.29) is 6.03 Å². The number of hydrogen-bond donors (Lipinski definition) is 0. The summed E-state index contributed by atoms with van der Waals surface area (Å²) < 4.78 is 0. The summed E-state index contributed by atoms with van der Waals surface area (Å²) in [7, 11) is 0. The van der Waals surface area contributed by atoms with Crippen LogP contribution in [0.3, 0.4) is 0 Å². The van der Waals surface area contributed by atoms with Gasteiger partial charge in [-0.3, -0.25) is 0 Å². The van der Waals surface area contributed by atoms with Gasteiger partial charge in [0.25, 0.3) is 0 Å². The van der Waals surface area contributed by atoms with Crippen molar-refractivity contribution in [2.75, 3.05) is 0 Å². The molecule has 0 aromatic rings. The number of urea groups is 1. The van der Waals surface area contributed by atoms with Crippen molar-refractivity contribution in [2.45, 2.75) is 20.3 Å². The lowest BCUT2D eigenvalue weighted by molar-refractivity contribution is 0.257. The zero-order valence-electron chi connectivity index (χ0n) is 5.51. The van der Waals surface area contributed by atoms with E-state index in [1.54, 1.807) is 0 Å². The molecule has 0 saturated carbocycles. The van der Waals surface area contributed by atoms with E-state index in [9.17, 15) is 4.79 Å². The van der Waals surface area contributed by atoms with Crippen LogP contribution >= 0.6 is 0 Å². The number of hydrogen-bond acceptors (Lipinski definition) is 1. The van der Waals surface area contributed by atoms with E-state index in [1.807, 2.05) is 13.8 Å². The van der Waals surface area contributed by atoms with Gasteiger partial charge in [0.1, 0.15) is 0 Å². The molecule has 1 heterocycles. The molecule has 1 aliphatic heterocycles. The Balaban J connectivity index is 2.81. The molecule has 0 unspecified atom stereocenters. The van der Waals surface area contributed by atoms with Crippen molar-refractivity contribution in [1.82, 2.24) is 0 Å². The molecule has 0 bridgehead atoms. The zero-order chi connectivity index (χ0) is 6.85. The number of nitrogens with zero attached hydrogens (tertiary/aromatic N) is 2. The van der Waals surface area contributed by atoms with Crippen LogP contribution in [0.25, 0.3) is 0 Å². The van der Waals surface area contributed by atoms with Gasteiger partial charge in [-0.05, 0) is 13.8 Å². The minimum Gasteiger partial charge on any atom is -0.244 e. The Morgan fingerprint density at radius 3 is 2.00 bits per heavy atom. The predicted molar refractivity (Wildman–Crippen MR) is 36.2 cm³/mol. The predicted octanol–water partition coefficient (Wildman–Crippen LogP) is 1.43. The monoisotopic (exact) mass is 124 g/mol. The van der Waals surface area contributed by atoms with Gasteiger partial charge in [-0.25, -0.2) is 14.8 Å². The van der Waals surface area contributed by atoms with Crippen molar-refractivity contribution >= 4 is 17.5 Å². The summed E-state index contributed by atoms with van der Waals surface area (Å²) in [5.41, 5.74) is 1.71. The highest BCUT2D eigenvalue weighted by molar-refractivity contribution is 6.13. The van der Waals surface area contributed by atoms with E-state index in [1.165, 1.54) is 0 Å². The van der Waals surface area contributed by atoms with Crippen molar-refractivity contribution in [2.24, 2.45) is 9.98 Å². The van der Waals surface area contributed by atoms with Crippen LogP contribution in [0.5, 0.6) is 0 Å². The molecule has 0 aromatic heterocycles. The highest BCUT2D eigenvalue weighted by Gasteiger charge is 2.06. The van der Waals surface area contributed by atoms with Gasteiger partial charge in [0.05, 0.1) is 0 Å². The molecule has 2 amide bonds. The van der Waals surface area contributed by atoms with Crippen LogP contribution < -0.4 is 0 Å². The summed E-state index contributed by atoms with van der Waals surface area (Å²) in [6, 6.07) is -0.365. The lowest BCUT2D eigenvalue weighted by atomic mass is 10.2. The topological polar surface area (TPSA) is 41.8 Å². The average molecular weight is 124 g/mol. The molecule has 1 rings (SSSR count). The van der Waals surface area contributed by atoms with E-state index >= 15 is 0 Å². The third-order valence-electron chi connectivity index (χ3n) is 1.08. The van der Waals surface area contributed by atoms with Crippen LogP contribution in [0.1, 0.15) is 20.3 Å². The van der Waals surface area contributed by atoms with Crippen LogP contribution in [0.2, 0.25) is 0 Å².